The van der Waals surface area contributed by atoms with Crippen LogP contribution in [0.3, 0.4) is 0 Å². The Hall–Kier alpha value is -1.55. The molecule has 0 aliphatic rings. The lowest BCUT2D eigenvalue weighted by Crippen LogP contribution is -2.06. The van der Waals surface area contributed by atoms with Crippen LogP contribution < -0.4 is 0 Å². The van der Waals surface area contributed by atoms with E-state index in [1.54, 1.807) is 29.8 Å². The third-order valence-corrected chi connectivity index (χ3v) is 7.09. The summed E-state index contributed by atoms with van der Waals surface area (Å²) in [6.45, 7) is 0. The monoisotopic (exact) mass is 493 g/mol. The number of halogens is 5. The third kappa shape index (κ3) is 6.00. The first kappa shape index (κ1) is 23.1. The van der Waals surface area contributed by atoms with Crippen LogP contribution in [-0.4, -0.2) is 19.0 Å². The predicted octanol–water partition coefficient (Wildman–Crippen LogP) is 5.88. The Kier molecular flexibility index (Phi) is 7.49. The molecule has 1 unspecified atom stereocenters. The number of hydrogen-bond acceptors (Lipinski definition) is 4. The van der Waals surface area contributed by atoms with Gasteiger partial charge in [0, 0.05) is 33.6 Å². The molecular weight excluding hydrogens is 478 g/mol. The van der Waals surface area contributed by atoms with Gasteiger partial charge in [-0.2, -0.15) is 13.2 Å². The van der Waals surface area contributed by atoms with Crippen molar-refractivity contribution in [3.63, 3.8) is 0 Å². The molecule has 30 heavy (non-hydrogen) atoms. The minimum Gasteiger partial charge on any atom is -0.308 e. The second kappa shape index (κ2) is 9.72. The first-order valence-electron chi connectivity index (χ1n) is 8.59. The highest BCUT2D eigenvalue weighted by molar-refractivity contribution is 7.98. The standard InChI is InChI=1S/C19H16Cl2F3N3OS2/c1-27-17(11-30(28)10-13-4-7-15(20)8-16(13)21)25-26-18(27)29-9-12-2-5-14(6-3-12)19(22,23)24/h2-8H,9-11H2,1H3. The molecule has 3 rings (SSSR count). The van der Waals surface area contributed by atoms with Crippen LogP contribution in [0.4, 0.5) is 13.2 Å². The van der Waals surface area contributed by atoms with Crippen LogP contribution in [0, 0.1) is 0 Å². The predicted molar refractivity (Wildman–Crippen MR) is 114 cm³/mol. The SMILES string of the molecule is Cn1c(CS(=O)Cc2ccc(Cl)cc2Cl)nnc1SCc1ccc(C(F)(F)F)cc1. The maximum absolute atomic E-state index is 12.6. The van der Waals surface area contributed by atoms with Gasteiger partial charge in [-0.05, 0) is 35.4 Å². The molecule has 0 saturated carbocycles. The highest BCUT2D eigenvalue weighted by Crippen LogP contribution is 2.30. The summed E-state index contributed by atoms with van der Waals surface area (Å²) in [5, 5.41) is 9.74. The molecule has 0 fully saturated rings. The number of thioether (sulfide) groups is 1. The Balaban J connectivity index is 1.59. The zero-order valence-electron chi connectivity index (χ0n) is 15.6. The van der Waals surface area contributed by atoms with E-state index in [9.17, 15) is 17.4 Å². The van der Waals surface area contributed by atoms with Gasteiger partial charge in [0.25, 0.3) is 0 Å². The van der Waals surface area contributed by atoms with Crippen molar-refractivity contribution in [2.24, 2.45) is 7.05 Å². The molecule has 0 spiro atoms. The lowest BCUT2D eigenvalue weighted by molar-refractivity contribution is -0.137. The van der Waals surface area contributed by atoms with Crippen molar-refractivity contribution in [3.05, 3.63) is 75.0 Å². The number of aromatic nitrogens is 3. The Morgan fingerprint density at radius 2 is 1.77 bits per heavy atom. The number of benzene rings is 2. The van der Waals surface area contributed by atoms with E-state index in [2.05, 4.69) is 10.2 Å². The summed E-state index contributed by atoms with van der Waals surface area (Å²) in [6.07, 6.45) is -4.35. The zero-order valence-corrected chi connectivity index (χ0v) is 18.8. The van der Waals surface area contributed by atoms with Gasteiger partial charge in [-0.3, -0.25) is 4.21 Å². The maximum Gasteiger partial charge on any atom is 0.416 e. The van der Waals surface area contributed by atoms with Crippen molar-refractivity contribution >= 4 is 45.8 Å². The number of nitrogens with zero attached hydrogens (tertiary/aromatic N) is 3. The zero-order chi connectivity index (χ0) is 21.9. The summed E-state index contributed by atoms with van der Waals surface area (Å²) < 4.78 is 52.2. The Bertz CT molecular complexity index is 1060. The average Bonchev–Trinajstić information content (AvgIpc) is 3.01. The minimum absolute atomic E-state index is 0.198. The summed E-state index contributed by atoms with van der Waals surface area (Å²) in [4.78, 5) is 0. The van der Waals surface area contributed by atoms with E-state index in [0.29, 0.717) is 26.8 Å². The van der Waals surface area contributed by atoms with E-state index in [-0.39, 0.29) is 11.5 Å². The fourth-order valence-electron chi connectivity index (χ4n) is 2.54. The lowest BCUT2D eigenvalue weighted by Gasteiger charge is -2.08. The molecule has 0 N–H and O–H groups in total. The van der Waals surface area contributed by atoms with Crippen molar-refractivity contribution in [1.82, 2.24) is 14.8 Å². The van der Waals surface area contributed by atoms with Gasteiger partial charge in [0.15, 0.2) is 5.16 Å². The maximum atomic E-state index is 12.6. The van der Waals surface area contributed by atoms with E-state index in [1.165, 1.54) is 23.9 Å². The highest BCUT2D eigenvalue weighted by Gasteiger charge is 2.29. The molecule has 1 aromatic heterocycles. The Labute approximate surface area is 188 Å². The van der Waals surface area contributed by atoms with Gasteiger partial charge in [-0.1, -0.05) is 53.2 Å². The van der Waals surface area contributed by atoms with Crippen LogP contribution in [-0.2, 0) is 41.3 Å². The van der Waals surface area contributed by atoms with E-state index < -0.39 is 22.5 Å². The molecule has 0 amide bonds. The molecule has 0 bridgehead atoms. The van der Waals surface area contributed by atoms with Crippen molar-refractivity contribution in [2.45, 2.75) is 28.6 Å². The summed E-state index contributed by atoms with van der Waals surface area (Å²) in [6, 6.07) is 10.0. The van der Waals surface area contributed by atoms with Crippen LogP contribution in [0.5, 0.6) is 0 Å². The molecular formula is C19H16Cl2F3N3OS2. The van der Waals surface area contributed by atoms with E-state index in [4.69, 9.17) is 23.2 Å². The van der Waals surface area contributed by atoms with Crippen LogP contribution in [0.2, 0.25) is 10.0 Å². The van der Waals surface area contributed by atoms with Gasteiger partial charge in [-0.25, -0.2) is 0 Å². The topological polar surface area (TPSA) is 47.8 Å². The van der Waals surface area contributed by atoms with E-state index in [1.807, 2.05) is 0 Å². The lowest BCUT2D eigenvalue weighted by atomic mass is 10.1. The smallest absolute Gasteiger partial charge is 0.308 e. The van der Waals surface area contributed by atoms with Crippen LogP contribution in [0.25, 0.3) is 0 Å². The molecule has 3 aromatic rings. The summed E-state index contributed by atoms with van der Waals surface area (Å²) in [5.41, 5.74) is 0.789. The first-order chi connectivity index (χ1) is 14.1. The van der Waals surface area contributed by atoms with Crippen LogP contribution >= 0.6 is 35.0 Å². The van der Waals surface area contributed by atoms with Gasteiger partial charge in [0.1, 0.15) is 5.82 Å². The third-order valence-electron chi connectivity index (χ3n) is 4.20. The summed E-state index contributed by atoms with van der Waals surface area (Å²) in [5.74, 6) is 1.45. The van der Waals surface area contributed by atoms with Gasteiger partial charge >= 0.3 is 6.18 Å². The fraction of sp³-hybridized carbons (Fsp3) is 0.263. The number of hydrogen-bond donors (Lipinski definition) is 0. The molecule has 1 atom stereocenters. The molecule has 4 nitrogen and oxygen atoms in total. The second-order valence-corrected chi connectivity index (χ2v) is 9.65. The largest absolute Gasteiger partial charge is 0.416 e. The summed E-state index contributed by atoms with van der Waals surface area (Å²) >= 11 is 13.3. The fourth-order valence-corrected chi connectivity index (χ4v) is 5.22. The molecule has 0 radical (unpaired) electrons. The quantitative estimate of drug-likeness (QED) is 0.385. The van der Waals surface area contributed by atoms with Crippen LogP contribution in [0.15, 0.2) is 47.6 Å². The molecule has 1 heterocycles. The van der Waals surface area contributed by atoms with Gasteiger partial charge < -0.3 is 4.57 Å². The minimum atomic E-state index is -4.35. The second-order valence-electron chi connectivity index (χ2n) is 6.41. The van der Waals surface area contributed by atoms with Crippen molar-refractivity contribution in [1.29, 1.82) is 0 Å². The molecule has 11 heteroatoms. The van der Waals surface area contributed by atoms with Crippen LogP contribution in [0.1, 0.15) is 22.5 Å². The Morgan fingerprint density at radius 1 is 1.07 bits per heavy atom. The highest BCUT2D eigenvalue weighted by atomic mass is 35.5. The normalized spacial score (nSPS) is 12.9. The first-order valence-corrected chi connectivity index (χ1v) is 11.8. The number of rotatable bonds is 7. The molecule has 0 aliphatic carbocycles. The van der Waals surface area contributed by atoms with Crippen molar-refractivity contribution in [3.8, 4) is 0 Å². The average molecular weight is 494 g/mol. The van der Waals surface area contributed by atoms with E-state index in [0.717, 1.165) is 23.3 Å². The molecule has 0 saturated heterocycles. The molecule has 2 aromatic carbocycles. The van der Waals surface area contributed by atoms with Crippen molar-refractivity contribution < 1.29 is 17.4 Å². The Morgan fingerprint density at radius 3 is 2.40 bits per heavy atom. The van der Waals surface area contributed by atoms with Crippen molar-refractivity contribution in [2.75, 3.05) is 0 Å². The number of alkyl halides is 3. The molecule has 160 valence electrons. The van der Waals surface area contributed by atoms with E-state index >= 15 is 0 Å². The van der Waals surface area contributed by atoms with Gasteiger partial charge in [0.2, 0.25) is 0 Å². The summed E-state index contributed by atoms with van der Waals surface area (Å²) in [7, 11) is 0.507. The van der Waals surface area contributed by atoms with Gasteiger partial charge in [-0.15, -0.1) is 10.2 Å². The van der Waals surface area contributed by atoms with Gasteiger partial charge in [0.05, 0.1) is 17.1 Å². The molecule has 0 aliphatic heterocycles.